The molecule has 124 valence electrons. The molecule has 24 heavy (non-hydrogen) atoms. The zero-order valence-corrected chi connectivity index (χ0v) is 13.6. The fourth-order valence-corrected chi connectivity index (χ4v) is 3.74. The smallest absolute Gasteiger partial charge is 0.274 e. The summed E-state index contributed by atoms with van der Waals surface area (Å²) in [4.78, 5) is 17.0. The van der Waals surface area contributed by atoms with Gasteiger partial charge in [0.1, 0.15) is 5.82 Å². The molecule has 0 amide bonds. The van der Waals surface area contributed by atoms with Crippen LogP contribution in [0.15, 0.2) is 36.5 Å². The van der Waals surface area contributed by atoms with E-state index < -0.39 is 0 Å². The Morgan fingerprint density at radius 3 is 2.79 bits per heavy atom. The van der Waals surface area contributed by atoms with E-state index in [9.17, 15) is 10.1 Å². The summed E-state index contributed by atoms with van der Waals surface area (Å²) in [5, 5.41) is 10.9. The minimum atomic E-state index is -0.379. The normalized spacial score (nSPS) is 18.6. The number of ether oxygens (including phenoxy) is 1. The lowest BCUT2D eigenvalue weighted by atomic mass is 9.83. The lowest BCUT2D eigenvalue weighted by Crippen LogP contribution is -2.42. The van der Waals surface area contributed by atoms with Crippen LogP contribution >= 0.6 is 0 Å². The molecule has 0 aliphatic carbocycles. The molecular formula is C18H19N3O3. The van der Waals surface area contributed by atoms with Gasteiger partial charge in [-0.2, -0.15) is 0 Å². The second-order valence-corrected chi connectivity index (χ2v) is 6.56. The van der Waals surface area contributed by atoms with Gasteiger partial charge in [0.15, 0.2) is 0 Å². The quantitative estimate of drug-likeness (QED) is 0.626. The first-order chi connectivity index (χ1) is 11.6. The van der Waals surface area contributed by atoms with Crippen molar-refractivity contribution in [1.29, 1.82) is 0 Å². The van der Waals surface area contributed by atoms with E-state index in [1.165, 1.54) is 29.0 Å². The minimum absolute atomic E-state index is 0.0818. The standard InChI is InChI=1S/C18H19N3O3/c1-13-2-3-14-12-24-18(16(14)10-13)5-8-20(9-6-18)17-11-15(21(22)23)4-7-19-17/h2-4,7,10-11H,5-6,8-9,12H2,1H3. The number of anilines is 1. The van der Waals surface area contributed by atoms with Crippen LogP contribution in [0.5, 0.6) is 0 Å². The van der Waals surface area contributed by atoms with Crippen LogP contribution in [0.4, 0.5) is 11.5 Å². The number of aryl methyl sites for hydroxylation is 1. The average molecular weight is 325 g/mol. The van der Waals surface area contributed by atoms with Crippen LogP contribution in [0.3, 0.4) is 0 Å². The summed E-state index contributed by atoms with van der Waals surface area (Å²) in [7, 11) is 0. The van der Waals surface area contributed by atoms with Gasteiger partial charge >= 0.3 is 0 Å². The molecule has 6 nitrogen and oxygen atoms in total. The van der Waals surface area contributed by atoms with Gasteiger partial charge in [-0.1, -0.05) is 23.8 Å². The highest BCUT2D eigenvalue weighted by Crippen LogP contribution is 2.44. The van der Waals surface area contributed by atoms with Crippen molar-refractivity contribution in [3.63, 3.8) is 0 Å². The SMILES string of the molecule is Cc1ccc2c(c1)C1(CCN(c3cc([N+](=O)[O-])ccn3)CC1)OC2. The highest BCUT2D eigenvalue weighted by atomic mass is 16.6. The van der Waals surface area contributed by atoms with Gasteiger partial charge in [-0.25, -0.2) is 4.98 Å². The van der Waals surface area contributed by atoms with Gasteiger partial charge < -0.3 is 9.64 Å². The van der Waals surface area contributed by atoms with Crippen molar-refractivity contribution in [2.24, 2.45) is 0 Å². The van der Waals surface area contributed by atoms with E-state index in [1.807, 2.05) is 0 Å². The number of hydrogen-bond donors (Lipinski definition) is 0. The lowest BCUT2D eigenvalue weighted by Gasteiger charge is -2.39. The Labute approximate surface area is 140 Å². The fourth-order valence-electron chi connectivity index (χ4n) is 3.74. The third-order valence-electron chi connectivity index (χ3n) is 5.10. The van der Waals surface area contributed by atoms with Crippen LogP contribution in [-0.2, 0) is 16.9 Å². The van der Waals surface area contributed by atoms with Crippen molar-refractivity contribution < 1.29 is 9.66 Å². The number of nitrogens with zero attached hydrogens (tertiary/aromatic N) is 3. The first-order valence-electron chi connectivity index (χ1n) is 8.17. The van der Waals surface area contributed by atoms with Gasteiger partial charge in [-0.15, -0.1) is 0 Å². The topological polar surface area (TPSA) is 68.5 Å². The molecule has 2 aliphatic rings. The molecule has 0 N–H and O–H groups in total. The molecule has 2 aliphatic heterocycles. The first kappa shape index (κ1) is 15.1. The second kappa shape index (κ2) is 5.56. The zero-order chi connectivity index (χ0) is 16.7. The highest BCUT2D eigenvalue weighted by molar-refractivity contribution is 5.48. The van der Waals surface area contributed by atoms with Gasteiger partial charge in [0.25, 0.3) is 5.69 Å². The summed E-state index contributed by atoms with van der Waals surface area (Å²) < 4.78 is 6.20. The number of fused-ring (bicyclic) bond motifs is 2. The van der Waals surface area contributed by atoms with Crippen LogP contribution in [0.25, 0.3) is 0 Å². The number of piperidine rings is 1. The molecule has 6 heteroatoms. The summed E-state index contributed by atoms with van der Waals surface area (Å²) in [5.74, 6) is 0.668. The van der Waals surface area contributed by atoms with Crippen molar-refractivity contribution in [1.82, 2.24) is 4.98 Å². The molecule has 1 fully saturated rings. The molecule has 1 saturated heterocycles. The Kier molecular flexibility index (Phi) is 3.49. The van der Waals surface area contributed by atoms with Crippen LogP contribution in [0.2, 0.25) is 0 Å². The van der Waals surface area contributed by atoms with Crippen molar-refractivity contribution in [3.8, 4) is 0 Å². The maximum absolute atomic E-state index is 10.9. The maximum Gasteiger partial charge on any atom is 0.274 e. The third-order valence-corrected chi connectivity index (χ3v) is 5.10. The summed E-state index contributed by atoms with van der Waals surface area (Å²) >= 11 is 0. The van der Waals surface area contributed by atoms with Crippen molar-refractivity contribution >= 4 is 11.5 Å². The number of rotatable bonds is 2. The number of hydrogen-bond acceptors (Lipinski definition) is 5. The van der Waals surface area contributed by atoms with Crippen LogP contribution in [-0.4, -0.2) is 23.0 Å². The number of pyridine rings is 1. The Hall–Kier alpha value is -2.47. The van der Waals surface area contributed by atoms with E-state index >= 15 is 0 Å². The van der Waals surface area contributed by atoms with Crippen molar-refractivity contribution in [2.75, 3.05) is 18.0 Å². The molecule has 0 bridgehead atoms. The Morgan fingerprint density at radius 1 is 1.25 bits per heavy atom. The fraction of sp³-hybridized carbons (Fsp3) is 0.389. The predicted molar refractivity (Wildman–Crippen MR) is 90.0 cm³/mol. The molecule has 0 atom stereocenters. The summed E-state index contributed by atoms with van der Waals surface area (Å²) in [5.41, 5.74) is 3.72. The van der Waals surface area contributed by atoms with Crippen molar-refractivity contribution in [3.05, 3.63) is 63.3 Å². The van der Waals surface area contributed by atoms with Crippen molar-refractivity contribution in [2.45, 2.75) is 32.0 Å². The molecule has 1 aromatic heterocycles. The van der Waals surface area contributed by atoms with Crippen LogP contribution in [0.1, 0.15) is 29.5 Å². The van der Waals surface area contributed by atoms with E-state index in [2.05, 4.69) is 35.0 Å². The molecule has 4 rings (SSSR count). The minimum Gasteiger partial charge on any atom is -0.365 e. The van der Waals surface area contributed by atoms with Gasteiger partial charge in [0.2, 0.25) is 0 Å². The Morgan fingerprint density at radius 2 is 2.04 bits per heavy atom. The highest BCUT2D eigenvalue weighted by Gasteiger charge is 2.42. The van der Waals surface area contributed by atoms with Crippen LogP contribution in [0, 0.1) is 17.0 Å². The van der Waals surface area contributed by atoms with E-state index in [-0.39, 0.29) is 16.2 Å². The molecule has 1 aromatic carbocycles. The largest absolute Gasteiger partial charge is 0.365 e. The Balaban J connectivity index is 1.55. The van der Waals surface area contributed by atoms with Crippen LogP contribution < -0.4 is 4.90 Å². The maximum atomic E-state index is 10.9. The average Bonchev–Trinajstić information content (AvgIpc) is 2.93. The van der Waals surface area contributed by atoms with E-state index in [0.29, 0.717) is 12.4 Å². The molecule has 0 radical (unpaired) electrons. The number of nitro groups is 1. The van der Waals surface area contributed by atoms with Gasteiger partial charge in [-0.05, 0) is 30.9 Å². The number of benzene rings is 1. The van der Waals surface area contributed by atoms with E-state index in [4.69, 9.17) is 4.74 Å². The molecule has 0 saturated carbocycles. The Bertz CT molecular complexity index is 798. The molecular weight excluding hydrogens is 306 g/mol. The summed E-state index contributed by atoms with van der Waals surface area (Å²) in [6, 6.07) is 9.50. The van der Waals surface area contributed by atoms with E-state index in [0.717, 1.165) is 25.9 Å². The second-order valence-electron chi connectivity index (χ2n) is 6.56. The lowest BCUT2D eigenvalue weighted by molar-refractivity contribution is -0.384. The third kappa shape index (κ3) is 2.43. The molecule has 2 aromatic rings. The number of aromatic nitrogens is 1. The van der Waals surface area contributed by atoms with Gasteiger partial charge in [-0.3, -0.25) is 10.1 Å². The predicted octanol–water partition coefficient (Wildman–Crippen LogP) is 3.32. The van der Waals surface area contributed by atoms with E-state index in [1.54, 1.807) is 6.07 Å². The summed E-state index contributed by atoms with van der Waals surface area (Å²) in [6.07, 6.45) is 3.24. The zero-order valence-electron chi connectivity index (χ0n) is 13.6. The molecule has 0 unspecified atom stereocenters. The van der Waals surface area contributed by atoms with Gasteiger partial charge in [0, 0.05) is 25.4 Å². The molecule has 1 spiro atoms. The molecule has 3 heterocycles. The van der Waals surface area contributed by atoms with Gasteiger partial charge in [0.05, 0.1) is 23.2 Å². The summed E-state index contributed by atoms with van der Waals surface area (Å²) in [6.45, 7) is 4.34. The monoisotopic (exact) mass is 325 g/mol. The first-order valence-corrected chi connectivity index (χ1v) is 8.17.